The zero-order chi connectivity index (χ0) is 23.6. The molecule has 8 heteroatoms. The molecule has 2 aromatic carbocycles. The molecule has 0 amide bonds. The number of ether oxygens (including phenoxy) is 1. The first-order valence-corrected chi connectivity index (χ1v) is 11.4. The van der Waals surface area contributed by atoms with E-state index in [-0.39, 0.29) is 24.4 Å². The maximum absolute atomic E-state index is 14.2. The van der Waals surface area contributed by atoms with Gasteiger partial charge in [-0.1, -0.05) is 18.2 Å². The quantitative estimate of drug-likeness (QED) is 0.594. The molecule has 0 aliphatic carbocycles. The smallest absolute Gasteiger partial charge is 0.283 e. The summed E-state index contributed by atoms with van der Waals surface area (Å²) in [5.41, 5.74) is 2.63. The van der Waals surface area contributed by atoms with Crippen LogP contribution in [-0.4, -0.2) is 78.0 Å². The molecule has 0 radical (unpaired) electrons. The van der Waals surface area contributed by atoms with Gasteiger partial charge in [0, 0.05) is 31.6 Å². The fourth-order valence-electron chi connectivity index (χ4n) is 4.84. The van der Waals surface area contributed by atoms with E-state index in [0.29, 0.717) is 18.8 Å². The summed E-state index contributed by atoms with van der Waals surface area (Å²) in [4.78, 5) is 3.87. The number of halogens is 3. The van der Waals surface area contributed by atoms with Gasteiger partial charge in [0.05, 0.1) is 19.3 Å². The van der Waals surface area contributed by atoms with Crippen LogP contribution >= 0.6 is 0 Å². The van der Waals surface area contributed by atoms with Gasteiger partial charge in [0.15, 0.2) is 0 Å². The summed E-state index contributed by atoms with van der Waals surface area (Å²) in [5, 5.41) is 19.1. The first kappa shape index (κ1) is 23.9. The Kier molecular flexibility index (Phi) is 7.16. The third kappa shape index (κ3) is 5.45. The van der Waals surface area contributed by atoms with Crippen molar-refractivity contribution in [1.29, 1.82) is 0 Å². The number of rotatable bonds is 9. The average molecular weight is 465 g/mol. The van der Waals surface area contributed by atoms with Crippen molar-refractivity contribution in [3.8, 4) is 11.5 Å². The molecule has 0 saturated carbocycles. The minimum absolute atomic E-state index is 0.146. The summed E-state index contributed by atoms with van der Waals surface area (Å²) >= 11 is 0. The van der Waals surface area contributed by atoms with Crippen LogP contribution in [0.3, 0.4) is 0 Å². The first-order valence-electron chi connectivity index (χ1n) is 11.4. The maximum atomic E-state index is 14.2. The van der Waals surface area contributed by atoms with Gasteiger partial charge in [-0.3, -0.25) is 14.2 Å². The highest BCUT2D eigenvalue weighted by molar-refractivity contribution is 5.45. The Morgan fingerprint density at radius 2 is 1.85 bits per heavy atom. The Morgan fingerprint density at radius 3 is 2.52 bits per heavy atom. The number of hydrogen-bond acceptors (Lipinski definition) is 5. The Bertz CT molecular complexity index is 935. The van der Waals surface area contributed by atoms with E-state index in [2.05, 4.69) is 4.90 Å². The standard InChI is InChI=1S/C25H31F3N2O3/c1-17-10-20-11-21(32)4-7-23(20)24(30(17)15-25(27,28)16-31)19-2-5-22(6-3-19)33-9-8-29-13-18(12-26)14-29/h2-7,11,17-18,24,31-32H,8-10,12-16H2,1H3/t17-,24-/m1/s1. The molecule has 2 heterocycles. The van der Waals surface area contributed by atoms with Crippen LogP contribution in [0.5, 0.6) is 11.5 Å². The van der Waals surface area contributed by atoms with Gasteiger partial charge in [-0.15, -0.1) is 0 Å². The summed E-state index contributed by atoms with van der Waals surface area (Å²) in [7, 11) is 0. The molecule has 180 valence electrons. The molecule has 1 saturated heterocycles. The molecule has 2 aromatic rings. The van der Waals surface area contributed by atoms with Crippen LogP contribution in [0.15, 0.2) is 42.5 Å². The number of aromatic hydroxyl groups is 1. The molecular formula is C25H31F3N2O3. The highest BCUT2D eigenvalue weighted by Crippen LogP contribution is 2.40. The van der Waals surface area contributed by atoms with Crippen molar-refractivity contribution in [1.82, 2.24) is 9.80 Å². The van der Waals surface area contributed by atoms with Crippen molar-refractivity contribution < 1.29 is 28.1 Å². The Balaban J connectivity index is 1.51. The van der Waals surface area contributed by atoms with Crippen molar-refractivity contribution in [3.05, 3.63) is 59.2 Å². The average Bonchev–Trinajstić information content (AvgIpc) is 2.76. The number of nitrogens with zero attached hydrogens (tertiary/aromatic N) is 2. The lowest BCUT2D eigenvalue weighted by atomic mass is 9.84. The summed E-state index contributed by atoms with van der Waals surface area (Å²) < 4.78 is 46.8. The number of hydrogen-bond donors (Lipinski definition) is 2. The summed E-state index contributed by atoms with van der Waals surface area (Å²) in [6.07, 6.45) is 0.530. The third-order valence-electron chi connectivity index (χ3n) is 6.60. The topological polar surface area (TPSA) is 56.2 Å². The van der Waals surface area contributed by atoms with Crippen molar-refractivity contribution in [2.45, 2.75) is 31.4 Å². The number of phenolic OH excluding ortho intramolecular Hbond substituents is 1. The lowest BCUT2D eigenvalue weighted by Gasteiger charge is -2.43. The van der Waals surface area contributed by atoms with Gasteiger partial charge >= 0.3 is 0 Å². The van der Waals surface area contributed by atoms with Gasteiger partial charge in [0.1, 0.15) is 24.7 Å². The van der Waals surface area contributed by atoms with E-state index >= 15 is 0 Å². The lowest BCUT2D eigenvalue weighted by molar-refractivity contribution is -0.0862. The number of alkyl halides is 3. The Morgan fingerprint density at radius 1 is 1.12 bits per heavy atom. The van der Waals surface area contributed by atoms with Gasteiger partial charge in [-0.05, 0) is 54.3 Å². The largest absolute Gasteiger partial charge is 0.508 e. The highest BCUT2D eigenvalue weighted by Gasteiger charge is 2.40. The number of aliphatic hydroxyl groups is 1. The molecule has 5 nitrogen and oxygen atoms in total. The minimum Gasteiger partial charge on any atom is -0.508 e. The van der Waals surface area contributed by atoms with Crippen molar-refractivity contribution in [3.63, 3.8) is 0 Å². The van der Waals surface area contributed by atoms with E-state index in [1.807, 2.05) is 31.2 Å². The molecule has 1 fully saturated rings. The van der Waals surface area contributed by atoms with Crippen LogP contribution in [0.25, 0.3) is 0 Å². The van der Waals surface area contributed by atoms with Gasteiger partial charge < -0.3 is 14.9 Å². The normalized spacial score (nSPS) is 22.1. The molecule has 0 unspecified atom stereocenters. The van der Waals surface area contributed by atoms with Crippen LogP contribution in [0.2, 0.25) is 0 Å². The molecule has 0 bridgehead atoms. The predicted molar refractivity (Wildman–Crippen MR) is 120 cm³/mol. The van der Waals surface area contributed by atoms with E-state index in [1.165, 1.54) is 0 Å². The Labute approximate surface area is 192 Å². The zero-order valence-corrected chi connectivity index (χ0v) is 18.8. The van der Waals surface area contributed by atoms with E-state index < -0.39 is 25.1 Å². The second-order valence-corrected chi connectivity index (χ2v) is 9.22. The van der Waals surface area contributed by atoms with Crippen molar-refractivity contribution in [2.24, 2.45) is 5.92 Å². The number of fused-ring (bicyclic) bond motifs is 1. The van der Waals surface area contributed by atoms with Gasteiger partial charge in [0.2, 0.25) is 0 Å². The molecule has 0 aromatic heterocycles. The molecule has 2 N–H and O–H groups in total. The summed E-state index contributed by atoms with van der Waals surface area (Å²) in [5.74, 6) is -2.24. The highest BCUT2D eigenvalue weighted by atomic mass is 19.3. The van der Waals surface area contributed by atoms with Gasteiger partial charge in [0.25, 0.3) is 5.92 Å². The lowest BCUT2D eigenvalue weighted by Crippen LogP contribution is -2.49. The van der Waals surface area contributed by atoms with Crippen LogP contribution in [0.1, 0.15) is 29.7 Å². The fraction of sp³-hybridized carbons (Fsp3) is 0.520. The minimum atomic E-state index is -3.22. The van der Waals surface area contributed by atoms with Crippen LogP contribution < -0.4 is 4.74 Å². The monoisotopic (exact) mass is 464 g/mol. The molecular weight excluding hydrogens is 433 g/mol. The van der Waals surface area contributed by atoms with Crippen molar-refractivity contribution in [2.75, 3.05) is 46.1 Å². The third-order valence-corrected chi connectivity index (χ3v) is 6.60. The first-order chi connectivity index (χ1) is 15.8. The number of likely N-dealkylation sites (tertiary alicyclic amines) is 1. The second-order valence-electron chi connectivity index (χ2n) is 9.22. The predicted octanol–water partition coefficient (Wildman–Crippen LogP) is 3.64. The molecule has 33 heavy (non-hydrogen) atoms. The number of phenols is 1. The molecule has 4 rings (SSSR count). The molecule has 2 atom stereocenters. The molecule has 2 aliphatic heterocycles. The van der Waals surface area contributed by atoms with E-state index in [1.54, 1.807) is 23.1 Å². The van der Waals surface area contributed by atoms with Gasteiger partial charge in [-0.2, -0.15) is 0 Å². The van der Waals surface area contributed by atoms with Crippen LogP contribution in [0, 0.1) is 5.92 Å². The van der Waals surface area contributed by atoms with Gasteiger partial charge in [-0.25, -0.2) is 8.78 Å². The number of aliphatic hydroxyl groups excluding tert-OH is 1. The van der Waals surface area contributed by atoms with Crippen LogP contribution in [-0.2, 0) is 6.42 Å². The van der Waals surface area contributed by atoms with E-state index in [4.69, 9.17) is 9.84 Å². The second kappa shape index (κ2) is 9.91. The van der Waals surface area contributed by atoms with Crippen LogP contribution in [0.4, 0.5) is 13.2 Å². The molecule has 0 spiro atoms. The molecule has 2 aliphatic rings. The van der Waals surface area contributed by atoms with Crippen molar-refractivity contribution >= 4 is 0 Å². The Hall–Kier alpha value is -2.29. The zero-order valence-electron chi connectivity index (χ0n) is 18.8. The van der Waals surface area contributed by atoms with E-state index in [0.717, 1.165) is 36.3 Å². The van der Waals surface area contributed by atoms with E-state index in [9.17, 15) is 18.3 Å². The maximum Gasteiger partial charge on any atom is 0.283 e. The fourth-order valence-corrected chi connectivity index (χ4v) is 4.84. The summed E-state index contributed by atoms with van der Waals surface area (Å²) in [6, 6.07) is 11.8. The summed E-state index contributed by atoms with van der Waals surface area (Å²) in [6.45, 7) is 2.60. The number of benzene rings is 2. The SMILES string of the molecule is C[C@@H]1Cc2cc(O)ccc2[C@@H](c2ccc(OCCN3CC(CF)C3)cc2)N1CC(F)(F)CO.